The highest BCUT2D eigenvalue weighted by atomic mass is 79.9. The monoisotopic (exact) mass is 292 g/mol. The van der Waals surface area contributed by atoms with Crippen molar-refractivity contribution in [2.45, 2.75) is 0 Å². The molecule has 0 aliphatic rings. The predicted octanol–water partition coefficient (Wildman–Crippen LogP) is 0.296. The Bertz CT molecular complexity index is 259. The lowest BCUT2D eigenvalue weighted by Gasteiger charge is -2.26. The Morgan fingerprint density at radius 3 is 2.00 bits per heavy atom. The summed E-state index contributed by atoms with van der Waals surface area (Å²) in [7, 11) is -2.29. The maximum absolute atomic E-state index is 10.1. The van der Waals surface area contributed by atoms with Gasteiger partial charge in [0.15, 0.2) is 0 Å². The van der Waals surface area contributed by atoms with Gasteiger partial charge < -0.3 is 14.7 Å². The Morgan fingerprint density at radius 1 is 1.08 bits per heavy atom. The molecule has 64 valence electrons. The highest BCUT2D eigenvalue weighted by Crippen LogP contribution is 2.24. The lowest BCUT2D eigenvalue weighted by molar-refractivity contribution is -0.372. The summed E-state index contributed by atoms with van der Waals surface area (Å²) in [6.07, 6.45) is 0. The van der Waals surface area contributed by atoms with Gasteiger partial charge in [-0.25, -0.2) is 0 Å². The molecule has 0 aliphatic carbocycles. The quantitative estimate of drug-likeness (QED) is 0.737. The van der Waals surface area contributed by atoms with Crippen LogP contribution in [0, 0.1) is 0 Å². The van der Waals surface area contributed by atoms with E-state index in [1.807, 2.05) is 0 Å². The molecule has 12 heavy (non-hydrogen) atoms. The van der Waals surface area contributed by atoms with E-state index in [-0.39, 0.29) is 5.75 Å². The van der Waals surface area contributed by atoms with Crippen molar-refractivity contribution in [3.63, 3.8) is 0 Å². The first kappa shape index (κ1) is 10.0. The van der Waals surface area contributed by atoms with Gasteiger partial charge in [-0.3, -0.25) is 0 Å². The summed E-state index contributed by atoms with van der Waals surface area (Å²) < 4.78 is 5.89. The fourth-order valence-electron chi connectivity index (χ4n) is 0.708. The van der Waals surface area contributed by atoms with Gasteiger partial charge in [-0.2, -0.15) is 0 Å². The Labute approximate surface area is 86.8 Å². The van der Waals surface area contributed by atoms with E-state index in [2.05, 4.69) is 36.5 Å². The van der Waals surface area contributed by atoms with Crippen LogP contribution in [0.4, 0.5) is 0 Å². The van der Waals surface area contributed by atoms with Crippen molar-refractivity contribution < 1.29 is 14.7 Å². The van der Waals surface area contributed by atoms with Gasteiger partial charge in [-0.1, -0.05) is 31.9 Å². The maximum atomic E-state index is 10.1. The van der Waals surface area contributed by atoms with Crippen LogP contribution in [0.5, 0.6) is 5.75 Å². The van der Waals surface area contributed by atoms with E-state index < -0.39 is 7.32 Å². The predicted molar refractivity (Wildman–Crippen MR) is 48.2 cm³/mol. The Hall–Kier alpha value is -0.0351. The zero-order chi connectivity index (χ0) is 9.14. The number of hydrogen-bond donors (Lipinski definition) is 0. The van der Waals surface area contributed by atoms with Crippen LogP contribution >= 0.6 is 31.9 Å². The SMILES string of the molecule is [O-]B([O-])Oc1cc(Br)cc(Br)c1. The van der Waals surface area contributed by atoms with Gasteiger partial charge in [0.2, 0.25) is 0 Å². The summed E-state index contributed by atoms with van der Waals surface area (Å²) >= 11 is 6.38. The van der Waals surface area contributed by atoms with Crippen LogP contribution in [0.15, 0.2) is 27.1 Å². The van der Waals surface area contributed by atoms with Crippen molar-refractivity contribution in [2.75, 3.05) is 0 Å². The van der Waals surface area contributed by atoms with Crippen LogP contribution in [0.1, 0.15) is 0 Å². The largest absolute Gasteiger partial charge is 0.860 e. The summed E-state index contributed by atoms with van der Waals surface area (Å²) in [5, 5.41) is 20.2. The van der Waals surface area contributed by atoms with Crippen molar-refractivity contribution >= 4 is 39.2 Å². The highest BCUT2D eigenvalue weighted by Gasteiger charge is 1.96. The number of rotatable bonds is 2. The third kappa shape index (κ3) is 3.14. The Balaban J connectivity index is 2.85. The number of benzene rings is 1. The molecule has 0 heterocycles. The molecule has 6 heteroatoms. The molecule has 1 aromatic carbocycles. The lowest BCUT2D eigenvalue weighted by Crippen LogP contribution is -2.50. The molecule has 0 radical (unpaired) electrons. The fourth-order valence-corrected chi connectivity index (χ4v) is 1.96. The molecule has 3 nitrogen and oxygen atoms in total. The third-order valence-corrected chi connectivity index (χ3v) is 1.98. The van der Waals surface area contributed by atoms with Crippen molar-refractivity contribution in [1.82, 2.24) is 0 Å². The zero-order valence-corrected chi connectivity index (χ0v) is 8.96. The first-order valence-corrected chi connectivity index (χ1v) is 4.61. The first-order chi connectivity index (χ1) is 5.58. The van der Waals surface area contributed by atoms with Gasteiger partial charge in [0.1, 0.15) is 7.32 Å². The lowest BCUT2D eigenvalue weighted by atomic mass is 10.2. The van der Waals surface area contributed by atoms with Crippen LogP contribution in [0.25, 0.3) is 0 Å². The molecule has 0 unspecified atom stereocenters. The van der Waals surface area contributed by atoms with E-state index in [9.17, 15) is 10.0 Å². The molecule has 0 bridgehead atoms. The average Bonchev–Trinajstić information content (AvgIpc) is 1.81. The summed E-state index contributed by atoms with van der Waals surface area (Å²) in [4.78, 5) is 0. The van der Waals surface area contributed by atoms with Gasteiger partial charge in [0.05, 0.1) is 5.75 Å². The smallest absolute Gasteiger partial charge is 0.133 e. The minimum Gasteiger partial charge on any atom is -0.860 e. The summed E-state index contributed by atoms with van der Waals surface area (Å²) in [6, 6.07) is 4.87. The topological polar surface area (TPSA) is 55.3 Å². The fraction of sp³-hybridized carbons (Fsp3) is 0. The second-order valence-corrected chi connectivity index (χ2v) is 3.84. The normalized spacial score (nSPS) is 9.67. The van der Waals surface area contributed by atoms with Gasteiger partial charge in [-0.15, -0.1) is 0 Å². The second-order valence-electron chi connectivity index (χ2n) is 2.01. The molecular formula is C6H3BBr2O3-2. The summed E-state index contributed by atoms with van der Waals surface area (Å²) in [6.45, 7) is 0. The molecular weight excluding hydrogens is 291 g/mol. The van der Waals surface area contributed by atoms with Gasteiger partial charge in [-0.05, 0) is 18.2 Å². The van der Waals surface area contributed by atoms with Crippen LogP contribution < -0.4 is 14.7 Å². The minimum atomic E-state index is -2.29. The average molecular weight is 294 g/mol. The first-order valence-electron chi connectivity index (χ1n) is 3.02. The molecule has 0 aliphatic heterocycles. The summed E-state index contributed by atoms with van der Waals surface area (Å²) in [5.74, 6) is 0.256. The molecule has 0 fully saturated rings. The van der Waals surface area contributed by atoms with Crippen molar-refractivity contribution in [3.05, 3.63) is 27.1 Å². The van der Waals surface area contributed by atoms with Gasteiger partial charge in [0, 0.05) is 8.95 Å². The van der Waals surface area contributed by atoms with E-state index in [1.54, 1.807) is 18.2 Å². The van der Waals surface area contributed by atoms with Gasteiger partial charge in [0.25, 0.3) is 0 Å². The highest BCUT2D eigenvalue weighted by molar-refractivity contribution is 9.11. The Morgan fingerprint density at radius 2 is 1.58 bits per heavy atom. The maximum Gasteiger partial charge on any atom is 0.133 e. The van der Waals surface area contributed by atoms with Crippen LogP contribution in [0.3, 0.4) is 0 Å². The molecule has 0 spiro atoms. The van der Waals surface area contributed by atoms with Crippen LogP contribution in [-0.2, 0) is 0 Å². The van der Waals surface area contributed by atoms with E-state index >= 15 is 0 Å². The minimum absolute atomic E-state index is 0.256. The second kappa shape index (κ2) is 4.27. The molecule has 0 amide bonds. The van der Waals surface area contributed by atoms with E-state index in [0.29, 0.717) is 0 Å². The Kier molecular flexibility index (Phi) is 3.58. The standard InChI is InChI=1S/C6H3BBr2O3/c8-4-1-5(9)3-6(2-4)12-7(10)11/h1-3H/q-2. The van der Waals surface area contributed by atoms with Gasteiger partial charge >= 0.3 is 0 Å². The molecule has 0 saturated heterocycles. The molecule has 0 atom stereocenters. The van der Waals surface area contributed by atoms with E-state index in [4.69, 9.17) is 0 Å². The number of hydrogen-bond acceptors (Lipinski definition) is 3. The third-order valence-electron chi connectivity index (χ3n) is 1.07. The molecule has 0 saturated carbocycles. The molecule has 0 N–H and O–H groups in total. The van der Waals surface area contributed by atoms with E-state index in [1.165, 1.54) is 0 Å². The number of halogens is 2. The van der Waals surface area contributed by atoms with Crippen LogP contribution in [0.2, 0.25) is 0 Å². The zero-order valence-electron chi connectivity index (χ0n) is 5.79. The summed E-state index contributed by atoms with van der Waals surface area (Å²) in [5.41, 5.74) is 0. The molecule has 0 aromatic heterocycles. The molecule has 1 aromatic rings. The van der Waals surface area contributed by atoms with Crippen molar-refractivity contribution in [3.8, 4) is 5.75 Å². The van der Waals surface area contributed by atoms with E-state index in [0.717, 1.165) is 8.95 Å². The van der Waals surface area contributed by atoms with Crippen molar-refractivity contribution in [2.24, 2.45) is 0 Å². The van der Waals surface area contributed by atoms with Crippen molar-refractivity contribution in [1.29, 1.82) is 0 Å². The van der Waals surface area contributed by atoms with Crippen LogP contribution in [-0.4, -0.2) is 7.32 Å². The molecule has 1 rings (SSSR count).